The maximum absolute atomic E-state index is 13.3. The molecular weight excluding hydrogens is 354 g/mol. The fourth-order valence-corrected chi connectivity index (χ4v) is 3.87. The molecule has 1 amide bonds. The quantitative estimate of drug-likeness (QED) is 0.671. The molecule has 4 rings (SSSR count). The molecule has 1 fully saturated rings. The normalized spacial score (nSPS) is 17.3. The second-order valence-electron chi connectivity index (χ2n) is 7.11. The van der Waals surface area contributed by atoms with Crippen LogP contribution in [0.3, 0.4) is 0 Å². The number of para-hydroxylation sites is 1. The van der Waals surface area contributed by atoms with Gasteiger partial charge in [-0.15, -0.1) is 0 Å². The second kappa shape index (κ2) is 7.89. The van der Waals surface area contributed by atoms with Crippen molar-refractivity contribution in [2.45, 2.75) is 31.7 Å². The molecule has 1 saturated heterocycles. The molecule has 28 heavy (non-hydrogen) atoms. The van der Waals surface area contributed by atoms with E-state index in [2.05, 4.69) is 0 Å². The Labute approximate surface area is 163 Å². The molecule has 0 N–H and O–H groups in total. The highest BCUT2D eigenvalue weighted by Gasteiger charge is 2.29. The number of carbonyl (C=O) groups is 1. The first-order valence-corrected chi connectivity index (χ1v) is 9.65. The number of likely N-dealkylation sites (tertiary alicyclic amines) is 1. The number of benzene rings is 2. The number of hydrogen-bond donors (Lipinski definition) is 0. The van der Waals surface area contributed by atoms with Crippen LogP contribution in [-0.2, 0) is 0 Å². The molecule has 144 valence electrons. The van der Waals surface area contributed by atoms with Gasteiger partial charge < -0.3 is 14.1 Å². The molecule has 0 bridgehead atoms. The largest absolute Gasteiger partial charge is 0.497 e. The number of nitrogens with zero attached hydrogens (tertiary/aromatic N) is 1. The van der Waals surface area contributed by atoms with Crippen molar-refractivity contribution in [3.63, 3.8) is 0 Å². The van der Waals surface area contributed by atoms with Crippen molar-refractivity contribution < 1.29 is 13.9 Å². The number of carbonyl (C=O) groups excluding carboxylic acids is 1. The summed E-state index contributed by atoms with van der Waals surface area (Å²) in [7, 11) is 1.64. The van der Waals surface area contributed by atoms with Gasteiger partial charge in [0.25, 0.3) is 5.91 Å². The minimum Gasteiger partial charge on any atom is -0.497 e. The van der Waals surface area contributed by atoms with Gasteiger partial charge in [-0.2, -0.15) is 0 Å². The van der Waals surface area contributed by atoms with Gasteiger partial charge >= 0.3 is 0 Å². The lowest BCUT2D eigenvalue weighted by molar-refractivity contribution is 0.0648. The summed E-state index contributed by atoms with van der Waals surface area (Å²) in [5.74, 6) is 0.658. The first kappa shape index (κ1) is 18.3. The molecule has 0 saturated carbocycles. The summed E-state index contributed by atoms with van der Waals surface area (Å²) < 4.78 is 11.1. The highest BCUT2D eigenvalue weighted by molar-refractivity contribution is 5.93. The van der Waals surface area contributed by atoms with Crippen LogP contribution in [0.4, 0.5) is 0 Å². The lowest BCUT2D eigenvalue weighted by Gasteiger charge is -2.30. The average molecular weight is 377 g/mol. The Morgan fingerprint density at radius 1 is 1.07 bits per heavy atom. The number of amides is 1. The number of ether oxygens (including phenoxy) is 1. The molecule has 0 radical (unpaired) electrons. The molecule has 3 aromatic rings. The highest BCUT2D eigenvalue weighted by Crippen LogP contribution is 2.32. The average Bonchev–Trinajstić information content (AvgIpc) is 2.99. The van der Waals surface area contributed by atoms with Gasteiger partial charge in [-0.3, -0.25) is 9.59 Å². The van der Waals surface area contributed by atoms with Gasteiger partial charge in [0, 0.05) is 12.6 Å². The summed E-state index contributed by atoms with van der Waals surface area (Å²) >= 11 is 0. The number of hydrogen-bond acceptors (Lipinski definition) is 4. The van der Waals surface area contributed by atoms with Crippen LogP contribution >= 0.6 is 0 Å². The van der Waals surface area contributed by atoms with Crippen LogP contribution in [0.2, 0.25) is 0 Å². The molecule has 1 aliphatic rings. The zero-order valence-electron chi connectivity index (χ0n) is 15.9. The van der Waals surface area contributed by atoms with E-state index in [9.17, 15) is 9.59 Å². The van der Waals surface area contributed by atoms with Crippen molar-refractivity contribution in [2.75, 3.05) is 13.7 Å². The van der Waals surface area contributed by atoms with E-state index in [-0.39, 0.29) is 23.1 Å². The highest BCUT2D eigenvalue weighted by atomic mass is 16.5. The molecule has 0 aliphatic carbocycles. The molecular formula is C23H23NO4. The molecule has 2 aromatic carbocycles. The lowest BCUT2D eigenvalue weighted by atomic mass is 10.0. The summed E-state index contributed by atoms with van der Waals surface area (Å²) in [6.07, 6.45) is 3.96. The lowest BCUT2D eigenvalue weighted by Crippen LogP contribution is -2.35. The van der Waals surface area contributed by atoms with E-state index in [1.54, 1.807) is 31.4 Å². The van der Waals surface area contributed by atoms with Gasteiger partial charge in [0.2, 0.25) is 0 Å². The van der Waals surface area contributed by atoms with Crippen molar-refractivity contribution in [3.05, 3.63) is 76.1 Å². The molecule has 0 unspecified atom stereocenters. The smallest absolute Gasteiger partial charge is 0.290 e. The standard InChI is InChI=1S/C23H23NO4/c1-27-17-12-10-16(11-13-17)19-8-3-2-6-14-24(19)23(26)22-15-20(25)18-7-4-5-9-21(18)28-22/h4-5,7,9-13,15,19H,2-3,6,8,14H2,1H3/t19-/m1/s1. The van der Waals surface area contributed by atoms with E-state index >= 15 is 0 Å². The van der Waals surface area contributed by atoms with Crippen LogP contribution in [0.25, 0.3) is 11.0 Å². The number of methoxy groups -OCH3 is 1. The maximum Gasteiger partial charge on any atom is 0.290 e. The first-order valence-electron chi connectivity index (χ1n) is 9.65. The molecule has 5 nitrogen and oxygen atoms in total. The van der Waals surface area contributed by atoms with Crippen LogP contribution in [-0.4, -0.2) is 24.5 Å². The number of fused-ring (bicyclic) bond motifs is 1. The zero-order valence-corrected chi connectivity index (χ0v) is 15.9. The van der Waals surface area contributed by atoms with Crippen LogP contribution in [0.5, 0.6) is 5.75 Å². The van der Waals surface area contributed by atoms with Crippen LogP contribution in [0.1, 0.15) is 47.8 Å². The van der Waals surface area contributed by atoms with Gasteiger partial charge in [-0.1, -0.05) is 37.1 Å². The van der Waals surface area contributed by atoms with Crippen LogP contribution in [0, 0.1) is 0 Å². The summed E-state index contributed by atoms with van der Waals surface area (Å²) in [6.45, 7) is 0.645. The minimum absolute atomic E-state index is 0.0438. The number of rotatable bonds is 3. The van der Waals surface area contributed by atoms with Crippen LogP contribution in [0.15, 0.2) is 63.8 Å². The van der Waals surface area contributed by atoms with Crippen LogP contribution < -0.4 is 10.2 Å². The Bertz CT molecular complexity index is 1040. The van der Waals surface area contributed by atoms with E-state index < -0.39 is 0 Å². The van der Waals surface area contributed by atoms with E-state index in [0.717, 1.165) is 37.0 Å². The Morgan fingerprint density at radius 3 is 2.64 bits per heavy atom. The molecule has 0 spiro atoms. The summed E-state index contributed by atoms with van der Waals surface area (Å²) in [5.41, 5.74) is 1.31. The van der Waals surface area contributed by atoms with Crippen molar-refractivity contribution >= 4 is 16.9 Å². The predicted octanol–water partition coefficient (Wildman–Crippen LogP) is 4.56. The maximum atomic E-state index is 13.3. The fraction of sp³-hybridized carbons (Fsp3) is 0.304. The third-order valence-electron chi connectivity index (χ3n) is 5.36. The van der Waals surface area contributed by atoms with E-state index in [0.29, 0.717) is 17.5 Å². The molecule has 1 atom stereocenters. The third-order valence-corrected chi connectivity index (χ3v) is 5.36. The van der Waals surface area contributed by atoms with Crippen molar-refractivity contribution in [1.29, 1.82) is 0 Å². The van der Waals surface area contributed by atoms with E-state index in [4.69, 9.17) is 9.15 Å². The van der Waals surface area contributed by atoms with Crippen molar-refractivity contribution in [1.82, 2.24) is 4.90 Å². The minimum atomic E-state index is -0.231. The molecule has 2 heterocycles. The monoisotopic (exact) mass is 377 g/mol. The SMILES string of the molecule is COc1ccc([C@H]2CCCCCN2C(=O)c2cc(=O)c3ccccc3o2)cc1. The Balaban J connectivity index is 1.71. The van der Waals surface area contributed by atoms with Gasteiger partial charge in [-0.05, 0) is 42.7 Å². The summed E-state index contributed by atoms with van der Waals surface area (Å²) in [6, 6.07) is 16.1. The zero-order chi connectivity index (χ0) is 19.5. The fourth-order valence-electron chi connectivity index (χ4n) is 3.87. The molecule has 1 aromatic heterocycles. The van der Waals surface area contributed by atoms with Gasteiger partial charge in [0.1, 0.15) is 11.3 Å². The summed E-state index contributed by atoms with van der Waals surface area (Å²) in [5, 5.41) is 0.488. The second-order valence-corrected chi connectivity index (χ2v) is 7.11. The van der Waals surface area contributed by atoms with Crippen molar-refractivity contribution in [2.24, 2.45) is 0 Å². The third kappa shape index (κ3) is 3.52. The Morgan fingerprint density at radius 2 is 1.86 bits per heavy atom. The Kier molecular flexibility index (Phi) is 5.15. The van der Waals surface area contributed by atoms with Gasteiger partial charge in [0.05, 0.1) is 18.5 Å². The topological polar surface area (TPSA) is 59.8 Å². The van der Waals surface area contributed by atoms with Gasteiger partial charge in [0.15, 0.2) is 11.2 Å². The molecule has 1 aliphatic heterocycles. The Hall–Kier alpha value is -3.08. The summed E-state index contributed by atoms with van der Waals surface area (Å²) in [4.78, 5) is 27.6. The van der Waals surface area contributed by atoms with E-state index in [1.165, 1.54) is 6.07 Å². The molecule has 5 heteroatoms. The van der Waals surface area contributed by atoms with Crippen molar-refractivity contribution in [3.8, 4) is 5.75 Å². The predicted molar refractivity (Wildman–Crippen MR) is 108 cm³/mol. The first-order chi connectivity index (χ1) is 13.7. The van der Waals surface area contributed by atoms with E-state index in [1.807, 2.05) is 29.2 Å². The van der Waals surface area contributed by atoms with Gasteiger partial charge in [-0.25, -0.2) is 0 Å².